The molecule has 0 unspecified atom stereocenters. The summed E-state index contributed by atoms with van der Waals surface area (Å²) in [4.78, 5) is 14.9. The van der Waals surface area contributed by atoms with Gasteiger partial charge < -0.3 is 10.2 Å². The number of fused-ring (bicyclic) bond motifs is 1. The van der Waals surface area contributed by atoms with E-state index in [2.05, 4.69) is 34.3 Å². The van der Waals surface area contributed by atoms with E-state index in [-0.39, 0.29) is 5.91 Å². The summed E-state index contributed by atoms with van der Waals surface area (Å²) < 4.78 is 0. The van der Waals surface area contributed by atoms with Crippen LogP contribution >= 0.6 is 11.3 Å². The summed E-state index contributed by atoms with van der Waals surface area (Å²) >= 11 is 1.69. The van der Waals surface area contributed by atoms with Gasteiger partial charge in [0.25, 0.3) is 5.91 Å². The van der Waals surface area contributed by atoms with E-state index < -0.39 is 0 Å². The zero-order valence-electron chi connectivity index (χ0n) is 11.8. The van der Waals surface area contributed by atoms with Gasteiger partial charge in [-0.15, -0.1) is 0 Å². The minimum absolute atomic E-state index is 0.179. The van der Waals surface area contributed by atoms with E-state index in [1.165, 1.54) is 16.7 Å². The third-order valence-electron chi connectivity index (χ3n) is 4.27. The molecule has 1 fully saturated rings. The van der Waals surface area contributed by atoms with Crippen molar-refractivity contribution in [2.75, 3.05) is 0 Å². The van der Waals surface area contributed by atoms with Gasteiger partial charge in [0, 0.05) is 31.2 Å². The van der Waals surface area contributed by atoms with Gasteiger partial charge in [0.2, 0.25) is 0 Å². The monoisotopic (exact) mass is 298 g/mol. The molecule has 4 heteroatoms. The van der Waals surface area contributed by atoms with Crippen molar-refractivity contribution in [3.05, 3.63) is 57.3 Å². The molecule has 0 bridgehead atoms. The highest BCUT2D eigenvalue weighted by atomic mass is 32.1. The van der Waals surface area contributed by atoms with E-state index in [9.17, 15) is 4.79 Å². The third-order valence-corrected chi connectivity index (χ3v) is 5.00. The first-order valence-corrected chi connectivity index (χ1v) is 8.40. The Morgan fingerprint density at radius 1 is 1.24 bits per heavy atom. The number of nitrogens with zero attached hydrogens (tertiary/aromatic N) is 1. The normalized spacial score (nSPS) is 16.8. The van der Waals surface area contributed by atoms with Gasteiger partial charge in [-0.2, -0.15) is 11.3 Å². The fourth-order valence-corrected chi connectivity index (χ4v) is 3.59. The fraction of sp³-hybridized carbons (Fsp3) is 0.353. The molecule has 2 aromatic rings. The molecular weight excluding hydrogens is 280 g/mol. The Kier molecular flexibility index (Phi) is 3.28. The second-order valence-electron chi connectivity index (χ2n) is 5.88. The van der Waals surface area contributed by atoms with Gasteiger partial charge in [-0.3, -0.25) is 4.79 Å². The van der Waals surface area contributed by atoms with Gasteiger partial charge >= 0.3 is 0 Å². The molecule has 108 valence electrons. The second kappa shape index (κ2) is 5.28. The van der Waals surface area contributed by atoms with E-state index in [1.54, 1.807) is 11.3 Å². The van der Waals surface area contributed by atoms with Crippen LogP contribution in [0.3, 0.4) is 0 Å². The Morgan fingerprint density at radius 2 is 2.10 bits per heavy atom. The SMILES string of the molecule is O=C(c1ccc2c(c1)CNC2)N(Cc1ccsc1)C1CC1. The van der Waals surface area contributed by atoms with Gasteiger partial charge in [0.15, 0.2) is 0 Å². The Hall–Kier alpha value is -1.65. The van der Waals surface area contributed by atoms with Gasteiger partial charge in [-0.25, -0.2) is 0 Å². The van der Waals surface area contributed by atoms with Crippen molar-refractivity contribution < 1.29 is 4.79 Å². The number of rotatable bonds is 4. The molecule has 1 aromatic heterocycles. The molecular formula is C17H18N2OS. The van der Waals surface area contributed by atoms with Gasteiger partial charge in [0.05, 0.1) is 0 Å². The molecule has 2 aliphatic rings. The predicted octanol–water partition coefficient (Wildman–Crippen LogP) is 3.16. The molecule has 0 radical (unpaired) electrons. The van der Waals surface area contributed by atoms with Crippen LogP contribution in [0.2, 0.25) is 0 Å². The molecule has 0 atom stereocenters. The molecule has 2 heterocycles. The summed E-state index contributed by atoms with van der Waals surface area (Å²) in [6.45, 7) is 2.54. The van der Waals surface area contributed by atoms with Gasteiger partial charge in [-0.05, 0) is 58.5 Å². The zero-order valence-corrected chi connectivity index (χ0v) is 12.7. The Labute approximate surface area is 128 Å². The van der Waals surface area contributed by atoms with Crippen molar-refractivity contribution in [1.29, 1.82) is 0 Å². The van der Waals surface area contributed by atoms with E-state index in [4.69, 9.17) is 0 Å². The standard InChI is InChI=1S/C17H18N2OS/c20-17(13-1-2-14-8-18-9-15(14)7-13)19(16-3-4-16)10-12-5-6-21-11-12/h1-2,5-7,11,16,18H,3-4,8-10H2. The maximum absolute atomic E-state index is 12.9. The minimum atomic E-state index is 0.179. The quantitative estimate of drug-likeness (QED) is 0.940. The maximum atomic E-state index is 12.9. The molecule has 1 N–H and O–H groups in total. The van der Waals surface area contributed by atoms with Crippen LogP contribution < -0.4 is 5.32 Å². The number of amides is 1. The van der Waals surface area contributed by atoms with E-state index in [0.717, 1.165) is 38.0 Å². The summed E-state index contributed by atoms with van der Waals surface area (Å²) in [7, 11) is 0. The van der Waals surface area contributed by atoms with Crippen molar-refractivity contribution in [2.24, 2.45) is 0 Å². The van der Waals surface area contributed by atoms with Crippen LogP contribution in [0, 0.1) is 0 Å². The first-order valence-electron chi connectivity index (χ1n) is 7.46. The summed E-state index contributed by atoms with van der Waals surface area (Å²) in [6, 6.07) is 8.69. The van der Waals surface area contributed by atoms with Gasteiger partial charge in [0.1, 0.15) is 0 Å². The number of hydrogen-bond acceptors (Lipinski definition) is 3. The zero-order chi connectivity index (χ0) is 14.2. The van der Waals surface area contributed by atoms with Crippen molar-refractivity contribution in [1.82, 2.24) is 10.2 Å². The summed E-state index contributed by atoms with van der Waals surface area (Å²) in [5.74, 6) is 0.179. The summed E-state index contributed by atoms with van der Waals surface area (Å²) in [6.07, 6.45) is 2.28. The lowest BCUT2D eigenvalue weighted by Crippen LogP contribution is -2.32. The summed E-state index contributed by atoms with van der Waals surface area (Å²) in [5.41, 5.74) is 4.66. The first kappa shape index (κ1) is 13.0. The molecule has 21 heavy (non-hydrogen) atoms. The number of nitrogens with one attached hydrogen (secondary N) is 1. The largest absolute Gasteiger partial charge is 0.331 e. The molecule has 0 saturated heterocycles. The van der Waals surface area contributed by atoms with Crippen molar-refractivity contribution >= 4 is 17.2 Å². The molecule has 1 aromatic carbocycles. The molecule has 1 aliphatic carbocycles. The van der Waals surface area contributed by atoms with E-state index in [1.807, 2.05) is 11.0 Å². The van der Waals surface area contributed by atoms with Crippen LogP contribution in [-0.4, -0.2) is 16.8 Å². The van der Waals surface area contributed by atoms with Crippen LogP contribution in [0.15, 0.2) is 35.0 Å². The molecule has 3 nitrogen and oxygen atoms in total. The highest BCUT2D eigenvalue weighted by molar-refractivity contribution is 7.07. The van der Waals surface area contributed by atoms with Crippen molar-refractivity contribution in [2.45, 2.75) is 38.5 Å². The number of carbonyl (C=O) groups is 1. The smallest absolute Gasteiger partial charge is 0.254 e. The average molecular weight is 298 g/mol. The number of carbonyl (C=O) groups excluding carboxylic acids is 1. The van der Waals surface area contributed by atoms with E-state index >= 15 is 0 Å². The number of benzene rings is 1. The van der Waals surface area contributed by atoms with Crippen LogP contribution in [-0.2, 0) is 19.6 Å². The van der Waals surface area contributed by atoms with Crippen molar-refractivity contribution in [3.8, 4) is 0 Å². The van der Waals surface area contributed by atoms with Crippen LogP contribution in [0.4, 0.5) is 0 Å². The fourth-order valence-electron chi connectivity index (χ4n) is 2.93. The lowest BCUT2D eigenvalue weighted by molar-refractivity contribution is 0.0730. The first-order chi connectivity index (χ1) is 10.3. The lowest BCUT2D eigenvalue weighted by atomic mass is 10.1. The molecule has 4 rings (SSSR count). The second-order valence-corrected chi connectivity index (χ2v) is 6.66. The van der Waals surface area contributed by atoms with Crippen LogP contribution in [0.25, 0.3) is 0 Å². The molecule has 1 amide bonds. The average Bonchev–Trinajstić information content (AvgIpc) is 3.02. The summed E-state index contributed by atoms with van der Waals surface area (Å²) in [5, 5.41) is 7.54. The Morgan fingerprint density at radius 3 is 2.86 bits per heavy atom. The van der Waals surface area contributed by atoms with Crippen molar-refractivity contribution in [3.63, 3.8) is 0 Å². The Bertz CT molecular complexity index is 661. The highest BCUT2D eigenvalue weighted by Gasteiger charge is 2.33. The molecule has 1 aliphatic heterocycles. The third kappa shape index (κ3) is 2.61. The number of thiophene rings is 1. The topological polar surface area (TPSA) is 32.3 Å². The number of hydrogen-bond donors (Lipinski definition) is 1. The van der Waals surface area contributed by atoms with Gasteiger partial charge in [-0.1, -0.05) is 6.07 Å². The highest BCUT2D eigenvalue weighted by Crippen LogP contribution is 2.30. The van der Waals surface area contributed by atoms with E-state index in [0.29, 0.717) is 6.04 Å². The predicted molar refractivity (Wildman–Crippen MR) is 84.2 cm³/mol. The van der Waals surface area contributed by atoms with Crippen LogP contribution in [0.5, 0.6) is 0 Å². The van der Waals surface area contributed by atoms with Crippen LogP contribution in [0.1, 0.15) is 39.9 Å². The Balaban J connectivity index is 1.59. The minimum Gasteiger partial charge on any atom is -0.331 e. The molecule has 1 saturated carbocycles. The maximum Gasteiger partial charge on any atom is 0.254 e. The molecule has 0 spiro atoms. The lowest BCUT2D eigenvalue weighted by Gasteiger charge is -2.22.